The molecule has 0 aliphatic heterocycles. The van der Waals surface area contributed by atoms with E-state index in [0.29, 0.717) is 12.6 Å². The Kier molecular flexibility index (Phi) is 3.14. The molecule has 1 N–H and O–H groups in total. The molecule has 0 spiro atoms. The molecule has 0 radical (unpaired) electrons. The van der Waals surface area contributed by atoms with Crippen molar-refractivity contribution in [2.24, 2.45) is 0 Å². The molecule has 96 valence electrons. The lowest BCUT2D eigenvalue weighted by molar-refractivity contribution is 0.317. The van der Waals surface area contributed by atoms with Gasteiger partial charge in [0, 0.05) is 12.4 Å². The fourth-order valence-corrected chi connectivity index (χ4v) is 2.08. The van der Waals surface area contributed by atoms with Gasteiger partial charge in [0.2, 0.25) is 0 Å². The Morgan fingerprint density at radius 3 is 2.74 bits per heavy atom. The molecule has 0 fully saturated rings. The molecule has 0 atom stereocenters. The number of hydrogen-bond donors (Lipinski definition) is 1. The summed E-state index contributed by atoms with van der Waals surface area (Å²) in [6, 6.07) is 10.9. The van der Waals surface area contributed by atoms with Crippen LogP contribution in [0.25, 0.3) is 11.0 Å². The highest BCUT2D eigenvalue weighted by Crippen LogP contribution is 2.19. The van der Waals surface area contributed by atoms with Gasteiger partial charge in [0.15, 0.2) is 0 Å². The maximum atomic E-state index is 5.37. The predicted molar refractivity (Wildman–Crippen MR) is 74.3 cm³/mol. The normalized spacial score (nSPS) is 10.8. The molecule has 2 heterocycles. The summed E-state index contributed by atoms with van der Waals surface area (Å²) < 4.78 is 5.37. The van der Waals surface area contributed by atoms with Gasteiger partial charge in [-0.3, -0.25) is 4.98 Å². The molecule has 4 nitrogen and oxygen atoms in total. The summed E-state index contributed by atoms with van der Waals surface area (Å²) in [5.41, 5.74) is 4.42. The first kappa shape index (κ1) is 11.7. The number of imidazole rings is 1. The Morgan fingerprint density at radius 2 is 1.95 bits per heavy atom. The zero-order valence-corrected chi connectivity index (χ0v) is 10.8. The number of fused-ring (bicyclic) bond motifs is 1. The van der Waals surface area contributed by atoms with Gasteiger partial charge in [-0.25, -0.2) is 0 Å². The van der Waals surface area contributed by atoms with Crippen molar-refractivity contribution in [2.45, 2.75) is 13.3 Å². The van der Waals surface area contributed by atoms with E-state index in [9.17, 15) is 0 Å². The van der Waals surface area contributed by atoms with Gasteiger partial charge in [0.05, 0.1) is 17.6 Å². The van der Waals surface area contributed by atoms with E-state index in [-0.39, 0.29) is 0 Å². The van der Waals surface area contributed by atoms with Crippen molar-refractivity contribution in [3.63, 3.8) is 0 Å². The maximum Gasteiger partial charge on any atom is 0.294 e. The van der Waals surface area contributed by atoms with E-state index in [1.54, 1.807) is 0 Å². The number of benzene rings is 1. The van der Waals surface area contributed by atoms with Crippen molar-refractivity contribution in [3.8, 4) is 6.01 Å². The molecule has 0 saturated heterocycles. The lowest BCUT2D eigenvalue weighted by atomic mass is 10.1. The van der Waals surface area contributed by atoms with Crippen LogP contribution in [0.4, 0.5) is 0 Å². The number of nitrogens with zero attached hydrogens (tertiary/aromatic N) is 2. The van der Waals surface area contributed by atoms with E-state index in [1.807, 2.05) is 37.5 Å². The van der Waals surface area contributed by atoms with E-state index >= 15 is 0 Å². The van der Waals surface area contributed by atoms with E-state index in [2.05, 4.69) is 27.1 Å². The molecule has 0 aliphatic rings. The van der Waals surface area contributed by atoms with Gasteiger partial charge in [-0.1, -0.05) is 6.07 Å². The highest BCUT2D eigenvalue weighted by Gasteiger charge is 2.04. The van der Waals surface area contributed by atoms with Crippen LogP contribution in [0.1, 0.15) is 18.1 Å². The lowest BCUT2D eigenvalue weighted by Crippen LogP contribution is -1.92. The third-order valence-corrected chi connectivity index (χ3v) is 2.96. The van der Waals surface area contributed by atoms with Crippen molar-refractivity contribution in [2.75, 3.05) is 6.61 Å². The smallest absolute Gasteiger partial charge is 0.294 e. The van der Waals surface area contributed by atoms with Crippen LogP contribution in [-0.2, 0) is 6.42 Å². The van der Waals surface area contributed by atoms with Crippen LogP contribution < -0.4 is 4.74 Å². The standard InChI is InChI=1S/C15H15N3O/c1-2-19-15-17-13-4-3-12(10-14(13)18-15)9-11-5-7-16-8-6-11/h3-8,10H,2,9H2,1H3,(H,17,18). The second kappa shape index (κ2) is 5.10. The second-order valence-corrected chi connectivity index (χ2v) is 4.36. The molecule has 2 aromatic heterocycles. The van der Waals surface area contributed by atoms with Crippen molar-refractivity contribution in [1.29, 1.82) is 0 Å². The van der Waals surface area contributed by atoms with Crippen LogP contribution in [0.15, 0.2) is 42.7 Å². The van der Waals surface area contributed by atoms with Crippen LogP contribution in [0.2, 0.25) is 0 Å². The predicted octanol–water partition coefficient (Wildman–Crippen LogP) is 2.95. The van der Waals surface area contributed by atoms with Gasteiger partial charge < -0.3 is 9.72 Å². The average Bonchev–Trinajstić information content (AvgIpc) is 2.82. The molecule has 0 amide bonds. The van der Waals surface area contributed by atoms with E-state index < -0.39 is 0 Å². The molecule has 0 unspecified atom stereocenters. The second-order valence-electron chi connectivity index (χ2n) is 4.36. The van der Waals surface area contributed by atoms with E-state index in [4.69, 9.17) is 4.74 Å². The number of aromatic amines is 1. The summed E-state index contributed by atoms with van der Waals surface area (Å²) >= 11 is 0. The number of aromatic nitrogens is 3. The molecule has 0 bridgehead atoms. The van der Waals surface area contributed by atoms with Gasteiger partial charge in [-0.15, -0.1) is 0 Å². The summed E-state index contributed by atoms with van der Waals surface area (Å²) in [6.45, 7) is 2.56. The minimum absolute atomic E-state index is 0.582. The van der Waals surface area contributed by atoms with E-state index in [1.165, 1.54) is 11.1 Å². The molecule has 4 heteroatoms. The Balaban J connectivity index is 1.88. The number of nitrogens with one attached hydrogen (secondary N) is 1. The zero-order valence-electron chi connectivity index (χ0n) is 10.8. The Bertz CT molecular complexity index is 676. The number of pyridine rings is 1. The molecule has 19 heavy (non-hydrogen) atoms. The third-order valence-electron chi connectivity index (χ3n) is 2.96. The van der Waals surface area contributed by atoms with Crippen molar-refractivity contribution in [3.05, 3.63) is 53.9 Å². The number of hydrogen-bond acceptors (Lipinski definition) is 3. The largest absolute Gasteiger partial charge is 0.465 e. The quantitative estimate of drug-likeness (QED) is 0.777. The third kappa shape index (κ3) is 2.57. The first-order valence-electron chi connectivity index (χ1n) is 6.35. The van der Waals surface area contributed by atoms with Crippen LogP contribution in [0.5, 0.6) is 6.01 Å². The molecular weight excluding hydrogens is 238 g/mol. The average molecular weight is 253 g/mol. The van der Waals surface area contributed by atoms with Gasteiger partial charge in [-0.05, 0) is 48.7 Å². The van der Waals surface area contributed by atoms with Gasteiger partial charge in [0.1, 0.15) is 0 Å². The summed E-state index contributed by atoms with van der Waals surface area (Å²) in [4.78, 5) is 11.6. The maximum absolute atomic E-state index is 5.37. The van der Waals surface area contributed by atoms with Crippen molar-refractivity contribution >= 4 is 11.0 Å². The van der Waals surface area contributed by atoms with Crippen LogP contribution in [-0.4, -0.2) is 21.6 Å². The summed E-state index contributed by atoms with van der Waals surface area (Å²) in [7, 11) is 0. The molecule has 3 aromatic rings. The number of rotatable bonds is 4. The first-order chi connectivity index (χ1) is 9.35. The SMILES string of the molecule is CCOc1nc2cc(Cc3ccncc3)ccc2[nH]1. The van der Waals surface area contributed by atoms with Crippen molar-refractivity contribution < 1.29 is 4.74 Å². The highest BCUT2D eigenvalue weighted by atomic mass is 16.5. The lowest BCUT2D eigenvalue weighted by Gasteiger charge is -2.00. The molecule has 0 aliphatic carbocycles. The molecule has 1 aromatic carbocycles. The Labute approximate surface area is 111 Å². The monoisotopic (exact) mass is 253 g/mol. The number of ether oxygens (including phenoxy) is 1. The minimum Gasteiger partial charge on any atom is -0.465 e. The van der Waals surface area contributed by atoms with Gasteiger partial charge >= 0.3 is 0 Å². The minimum atomic E-state index is 0.582. The van der Waals surface area contributed by atoms with Crippen LogP contribution >= 0.6 is 0 Å². The highest BCUT2D eigenvalue weighted by molar-refractivity contribution is 5.76. The van der Waals surface area contributed by atoms with Gasteiger partial charge in [0.25, 0.3) is 6.01 Å². The first-order valence-corrected chi connectivity index (χ1v) is 6.35. The zero-order chi connectivity index (χ0) is 13.1. The number of H-pyrrole nitrogens is 1. The molecule has 0 saturated carbocycles. The summed E-state index contributed by atoms with van der Waals surface area (Å²) in [5, 5.41) is 0. The van der Waals surface area contributed by atoms with Gasteiger partial charge in [-0.2, -0.15) is 4.98 Å². The van der Waals surface area contributed by atoms with E-state index in [0.717, 1.165) is 17.5 Å². The summed E-state index contributed by atoms with van der Waals surface area (Å²) in [5.74, 6) is 0. The Hall–Kier alpha value is -2.36. The molecular formula is C15H15N3O. The summed E-state index contributed by atoms with van der Waals surface area (Å²) in [6.07, 6.45) is 4.51. The van der Waals surface area contributed by atoms with Crippen LogP contribution in [0.3, 0.4) is 0 Å². The topological polar surface area (TPSA) is 50.8 Å². The van der Waals surface area contributed by atoms with Crippen LogP contribution in [0, 0.1) is 0 Å². The van der Waals surface area contributed by atoms with Crippen molar-refractivity contribution in [1.82, 2.24) is 15.0 Å². The fourth-order valence-electron chi connectivity index (χ4n) is 2.08. The molecule has 3 rings (SSSR count). The fraction of sp³-hybridized carbons (Fsp3) is 0.200. The Morgan fingerprint density at radius 1 is 1.11 bits per heavy atom.